The summed E-state index contributed by atoms with van der Waals surface area (Å²) in [5, 5.41) is 3.32. The van der Waals surface area contributed by atoms with E-state index >= 15 is 0 Å². The quantitative estimate of drug-likeness (QED) is 0.491. The van der Waals surface area contributed by atoms with Crippen molar-refractivity contribution in [2.45, 2.75) is 26.0 Å². The van der Waals surface area contributed by atoms with Crippen LogP contribution in [-0.2, 0) is 4.74 Å². The number of rotatable bonds is 4. The minimum atomic E-state index is -0.0822. The normalized spacial score (nSPS) is 33.4. The first-order valence-corrected chi connectivity index (χ1v) is 3.99. The van der Waals surface area contributed by atoms with Crippen molar-refractivity contribution in [3.63, 3.8) is 0 Å². The van der Waals surface area contributed by atoms with Crippen LogP contribution in [0, 0.1) is 5.41 Å². The van der Waals surface area contributed by atoms with E-state index in [1.165, 1.54) is 0 Å². The van der Waals surface area contributed by atoms with Crippen molar-refractivity contribution in [1.82, 2.24) is 5.32 Å². The van der Waals surface area contributed by atoms with Gasteiger partial charge in [-0.1, -0.05) is 19.9 Å². The maximum Gasteiger partial charge on any atom is 0.125 e. The highest BCUT2D eigenvalue weighted by Crippen LogP contribution is 2.55. The van der Waals surface area contributed by atoms with Crippen molar-refractivity contribution in [1.29, 1.82) is 0 Å². The molecule has 0 bridgehead atoms. The van der Waals surface area contributed by atoms with E-state index in [9.17, 15) is 0 Å². The lowest BCUT2D eigenvalue weighted by Gasteiger charge is -2.19. The first-order valence-electron chi connectivity index (χ1n) is 3.99. The molecule has 2 nitrogen and oxygen atoms in total. The smallest absolute Gasteiger partial charge is 0.125 e. The topological polar surface area (TPSA) is 21.3 Å². The van der Waals surface area contributed by atoms with Gasteiger partial charge in [-0.25, -0.2) is 0 Å². The van der Waals surface area contributed by atoms with Gasteiger partial charge in [-0.15, -0.1) is 6.58 Å². The minimum absolute atomic E-state index is 0.0822. The van der Waals surface area contributed by atoms with Gasteiger partial charge in [0.05, 0.1) is 0 Å². The number of hydrogen-bond donors (Lipinski definition) is 1. The largest absolute Gasteiger partial charge is 0.363 e. The van der Waals surface area contributed by atoms with Crippen molar-refractivity contribution in [3.8, 4) is 0 Å². The van der Waals surface area contributed by atoms with Gasteiger partial charge < -0.3 is 4.74 Å². The summed E-state index contributed by atoms with van der Waals surface area (Å²) in [4.78, 5) is 0. The van der Waals surface area contributed by atoms with Crippen molar-refractivity contribution < 1.29 is 4.74 Å². The zero-order valence-corrected chi connectivity index (χ0v) is 7.61. The van der Waals surface area contributed by atoms with Crippen molar-refractivity contribution in [2.24, 2.45) is 5.41 Å². The third kappa shape index (κ3) is 1.33. The lowest BCUT2D eigenvalue weighted by molar-refractivity contribution is 0.0228. The van der Waals surface area contributed by atoms with Crippen LogP contribution < -0.4 is 5.32 Å². The second-order valence-corrected chi connectivity index (χ2v) is 3.76. The molecule has 0 amide bonds. The van der Waals surface area contributed by atoms with E-state index < -0.39 is 0 Å². The first kappa shape index (κ1) is 8.75. The summed E-state index contributed by atoms with van der Waals surface area (Å²) >= 11 is 0. The Morgan fingerprint density at radius 2 is 2.18 bits per heavy atom. The Morgan fingerprint density at radius 3 is 2.45 bits per heavy atom. The first-order chi connectivity index (χ1) is 5.08. The number of ether oxygens (including phenoxy) is 1. The van der Waals surface area contributed by atoms with Crippen LogP contribution >= 0.6 is 0 Å². The molecule has 0 aliphatic heterocycles. The molecule has 2 heteroatoms. The van der Waals surface area contributed by atoms with Gasteiger partial charge in [0, 0.05) is 19.1 Å². The Hall–Kier alpha value is -0.340. The van der Waals surface area contributed by atoms with Crippen LogP contribution in [-0.4, -0.2) is 19.4 Å². The van der Waals surface area contributed by atoms with Crippen molar-refractivity contribution >= 4 is 0 Å². The molecule has 1 saturated carbocycles. The molecule has 0 aromatic carbocycles. The van der Waals surface area contributed by atoms with Gasteiger partial charge in [-0.05, 0) is 6.42 Å². The Kier molecular flexibility index (Phi) is 2.08. The maximum absolute atomic E-state index is 5.41. The summed E-state index contributed by atoms with van der Waals surface area (Å²) in [6.45, 7) is 8.87. The molecule has 0 aromatic heterocycles. The van der Waals surface area contributed by atoms with E-state index in [0.717, 1.165) is 13.0 Å². The molecule has 0 radical (unpaired) electrons. The molecule has 1 aliphatic carbocycles. The SMILES string of the molecule is C=CCNC1(OC)CC1(C)C. The van der Waals surface area contributed by atoms with Crippen LogP contribution in [0.2, 0.25) is 0 Å². The zero-order chi connectivity index (χ0) is 8.54. The monoisotopic (exact) mass is 155 g/mol. The molecule has 1 aliphatic rings. The highest BCUT2D eigenvalue weighted by atomic mass is 16.5. The van der Waals surface area contributed by atoms with E-state index in [1.54, 1.807) is 7.11 Å². The molecular weight excluding hydrogens is 138 g/mol. The fourth-order valence-corrected chi connectivity index (χ4v) is 1.54. The average molecular weight is 155 g/mol. The predicted octanol–water partition coefficient (Wildman–Crippen LogP) is 1.53. The number of methoxy groups -OCH3 is 1. The fourth-order valence-electron chi connectivity index (χ4n) is 1.54. The molecule has 1 N–H and O–H groups in total. The van der Waals surface area contributed by atoms with Gasteiger partial charge in [-0.2, -0.15) is 0 Å². The standard InChI is InChI=1S/C9H17NO/c1-5-6-10-9(11-4)7-8(9,2)3/h5,10H,1,6-7H2,2-4H3. The van der Waals surface area contributed by atoms with E-state index in [2.05, 4.69) is 25.7 Å². The summed E-state index contributed by atoms with van der Waals surface area (Å²) in [5.41, 5.74) is 0.200. The Morgan fingerprint density at radius 1 is 1.64 bits per heavy atom. The molecule has 1 fully saturated rings. The molecule has 0 heterocycles. The third-order valence-electron chi connectivity index (χ3n) is 2.54. The van der Waals surface area contributed by atoms with Crippen molar-refractivity contribution in [2.75, 3.05) is 13.7 Å². The van der Waals surface area contributed by atoms with Crippen LogP contribution in [0.5, 0.6) is 0 Å². The van der Waals surface area contributed by atoms with Crippen LogP contribution in [0.15, 0.2) is 12.7 Å². The van der Waals surface area contributed by atoms with E-state index in [0.29, 0.717) is 0 Å². The predicted molar refractivity (Wildman–Crippen MR) is 46.3 cm³/mol. The molecule has 0 saturated heterocycles. The van der Waals surface area contributed by atoms with Crippen LogP contribution in [0.4, 0.5) is 0 Å². The summed E-state index contributed by atoms with van der Waals surface area (Å²) in [6.07, 6.45) is 2.94. The second-order valence-electron chi connectivity index (χ2n) is 3.76. The van der Waals surface area contributed by atoms with Gasteiger partial charge >= 0.3 is 0 Å². The number of nitrogens with one attached hydrogen (secondary N) is 1. The van der Waals surface area contributed by atoms with Gasteiger partial charge in [0.25, 0.3) is 0 Å². The van der Waals surface area contributed by atoms with Gasteiger partial charge in [0.1, 0.15) is 5.72 Å². The summed E-state index contributed by atoms with van der Waals surface area (Å²) in [5.74, 6) is 0. The number of hydrogen-bond acceptors (Lipinski definition) is 2. The van der Waals surface area contributed by atoms with E-state index in [-0.39, 0.29) is 11.1 Å². The molecule has 1 rings (SSSR count). The minimum Gasteiger partial charge on any atom is -0.363 e. The zero-order valence-electron chi connectivity index (χ0n) is 7.61. The molecule has 1 unspecified atom stereocenters. The average Bonchev–Trinajstić information content (AvgIpc) is 2.50. The highest BCUT2D eigenvalue weighted by Gasteiger charge is 2.61. The molecule has 1 atom stereocenters. The van der Waals surface area contributed by atoms with Crippen LogP contribution in [0.3, 0.4) is 0 Å². The van der Waals surface area contributed by atoms with Crippen LogP contribution in [0.25, 0.3) is 0 Å². The lowest BCUT2D eigenvalue weighted by atomic mass is 10.1. The highest BCUT2D eigenvalue weighted by molar-refractivity contribution is 5.10. The molecule has 11 heavy (non-hydrogen) atoms. The summed E-state index contributed by atoms with van der Waals surface area (Å²) in [6, 6.07) is 0. The van der Waals surface area contributed by atoms with Gasteiger partial charge in [0.15, 0.2) is 0 Å². The summed E-state index contributed by atoms with van der Waals surface area (Å²) in [7, 11) is 1.75. The van der Waals surface area contributed by atoms with E-state index in [1.807, 2.05) is 6.08 Å². The fraction of sp³-hybridized carbons (Fsp3) is 0.778. The van der Waals surface area contributed by atoms with Crippen LogP contribution in [0.1, 0.15) is 20.3 Å². The van der Waals surface area contributed by atoms with Gasteiger partial charge in [-0.3, -0.25) is 5.32 Å². The van der Waals surface area contributed by atoms with Gasteiger partial charge in [0.2, 0.25) is 0 Å². The molecule has 64 valence electrons. The van der Waals surface area contributed by atoms with Crippen molar-refractivity contribution in [3.05, 3.63) is 12.7 Å². The lowest BCUT2D eigenvalue weighted by Crippen LogP contribution is -2.37. The maximum atomic E-state index is 5.41. The Labute approximate surface area is 68.6 Å². The van der Waals surface area contributed by atoms with E-state index in [4.69, 9.17) is 4.74 Å². The molecule has 0 spiro atoms. The molecule has 0 aromatic rings. The molecular formula is C9H17NO. The Bertz CT molecular complexity index is 165. The second kappa shape index (κ2) is 2.61. The third-order valence-corrected chi connectivity index (χ3v) is 2.54. The summed E-state index contributed by atoms with van der Waals surface area (Å²) < 4.78 is 5.41. The Balaban J connectivity index is 2.46.